The van der Waals surface area contributed by atoms with Crippen molar-refractivity contribution in [2.24, 2.45) is 4.99 Å². The molecular weight excluding hydrogens is 288 g/mol. The van der Waals surface area contributed by atoms with Gasteiger partial charge in [-0.1, -0.05) is 6.07 Å². The van der Waals surface area contributed by atoms with Crippen LogP contribution in [0.5, 0.6) is 17.2 Å². The number of aryl methyl sites for hydroxylation is 1. The zero-order valence-corrected chi connectivity index (χ0v) is 11.6. The first kappa shape index (κ1) is 13.9. The number of nitro benzene ring substituents is 1. The smallest absolute Gasteiger partial charge is 0.315 e. The summed E-state index contributed by atoms with van der Waals surface area (Å²) >= 11 is 0. The normalized spacial score (nSPS) is 13.0. The van der Waals surface area contributed by atoms with Crippen LogP contribution in [0.15, 0.2) is 35.3 Å². The van der Waals surface area contributed by atoms with E-state index in [1.807, 2.05) is 25.1 Å². The van der Waals surface area contributed by atoms with Gasteiger partial charge < -0.3 is 14.9 Å². The van der Waals surface area contributed by atoms with Gasteiger partial charge in [0.2, 0.25) is 5.75 Å². The zero-order valence-electron chi connectivity index (χ0n) is 11.6. The Morgan fingerprint density at radius 3 is 2.77 bits per heavy atom. The van der Waals surface area contributed by atoms with E-state index in [9.17, 15) is 20.3 Å². The van der Waals surface area contributed by atoms with Gasteiger partial charge in [-0.3, -0.25) is 10.1 Å². The van der Waals surface area contributed by atoms with Gasteiger partial charge in [0.15, 0.2) is 5.75 Å². The molecule has 22 heavy (non-hydrogen) atoms. The van der Waals surface area contributed by atoms with Gasteiger partial charge in [0.25, 0.3) is 0 Å². The van der Waals surface area contributed by atoms with Gasteiger partial charge >= 0.3 is 5.69 Å². The van der Waals surface area contributed by atoms with Crippen LogP contribution in [-0.2, 0) is 0 Å². The Bertz CT molecular complexity index is 814. The average Bonchev–Trinajstić information content (AvgIpc) is 2.48. The van der Waals surface area contributed by atoms with E-state index in [0.29, 0.717) is 22.7 Å². The maximum Gasteiger partial charge on any atom is 0.315 e. The number of benzene rings is 2. The first-order valence-corrected chi connectivity index (χ1v) is 6.47. The standard InChI is InChI=1S/C15H12N2O5/c1-8-2-3-14-10(4-8)16-11(7-22-14)9-5-12(17(20)21)15(19)13(18)6-9/h2-6,18-19H,7H2,1H3. The molecule has 112 valence electrons. The SMILES string of the molecule is Cc1ccc2c(c1)N=C(c1cc(O)c(O)c([N+](=O)[O-])c1)CO2. The predicted molar refractivity (Wildman–Crippen MR) is 79.3 cm³/mol. The molecule has 0 aromatic heterocycles. The molecule has 2 aromatic rings. The summed E-state index contributed by atoms with van der Waals surface area (Å²) in [6.07, 6.45) is 0. The van der Waals surface area contributed by atoms with E-state index in [-0.39, 0.29) is 6.61 Å². The topological polar surface area (TPSA) is 105 Å². The number of fused-ring (bicyclic) bond motifs is 1. The zero-order chi connectivity index (χ0) is 15.9. The van der Waals surface area contributed by atoms with Crippen molar-refractivity contribution in [2.75, 3.05) is 6.61 Å². The van der Waals surface area contributed by atoms with E-state index in [4.69, 9.17) is 4.74 Å². The molecule has 7 nitrogen and oxygen atoms in total. The molecule has 0 bridgehead atoms. The number of phenols is 2. The van der Waals surface area contributed by atoms with Crippen molar-refractivity contribution >= 4 is 17.1 Å². The summed E-state index contributed by atoms with van der Waals surface area (Å²) in [7, 11) is 0. The van der Waals surface area contributed by atoms with Gasteiger partial charge in [-0.15, -0.1) is 0 Å². The van der Waals surface area contributed by atoms with E-state index in [1.54, 1.807) is 0 Å². The van der Waals surface area contributed by atoms with Crippen molar-refractivity contribution in [3.63, 3.8) is 0 Å². The molecule has 1 aliphatic heterocycles. The fraction of sp³-hybridized carbons (Fsp3) is 0.133. The number of rotatable bonds is 2. The number of ether oxygens (including phenoxy) is 1. The van der Waals surface area contributed by atoms with Crippen LogP contribution in [0.1, 0.15) is 11.1 Å². The van der Waals surface area contributed by atoms with Crippen LogP contribution in [0.4, 0.5) is 11.4 Å². The largest absolute Gasteiger partial charge is 0.504 e. The van der Waals surface area contributed by atoms with Gasteiger partial charge in [0, 0.05) is 11.6 Å². The van der Waals surface area contributed by atoms with Crippen molar-refractivity contribution in [1.82, 2.24) is 0 Å². The maximum atomic E-state index is 10.9. The van der Waals surface area contributed by atoms with Gasteiger partial charge in [-0.2, -0.15) is 0 Å². The van der Waals surface area contributed by atoms with E-state index in [0.717, 1.165) is 11.6 Å². The Morgan fingerprint density at radius 2 is 2.05 bits per heavy atom. The van der Waals surface area contributed by atoms with E-state index in [1.165, 1.54) is 6.07 Å². The molecule has 7 heteroatoms. The van der Waals surface area contributed by atoms with Gasteiger partial charge in [-0.05, 0) is 30.7 Å². The lowest BCUT2D eigenvalue weighted by atomic mass is 10.1. The molecule has 2 aromatic carbocycles. The third kappa shape index (κ3) is 2.32. The fourth-order valence-corrected chi connectivity index (χ4v) is 2.22. The minimum Gasteiger partial charge on any atom is -0.504 e. The Balaban J connectivity index is 2.11. The number of aromatic hydroxyl groups is 2. The van der Waals surface area contributed by atoms with Gasteiger partial charge in [-0.25, -0.2) is 4.99 Å². The highest BCUT2D eigenvalue weighted by molar-refractivity contribution is 6.05. The number of hydrogen-bond acceptors (Lipinski definition) is 6. The average molecular weight is 300 g/mol. The quantitative estimate of drug-likeness (QED) is 0.504. The van der Waals surface area contributed by atoms with Crippen molar-refractivity contribution < 1.29 is 19.9 Å². The number of hydrogen-bond donors (Lipinski definition) is 2. The minimum atomic E-state index is -0.763. The van der Waals surface area contributed by atoms with Crippen LogP contribution >= 0.6 is 0 Å². The molecule has 0 radical (unpaired) electrons. The number of nitrogens with zero attached hydrogens (tertiary/aromatic N) is 2. The second kappa shape index (κ2) is 5.03. The Labute approximate surface area is 125 Å². The Kier molecular flexibility index (Phi) is 3.17. The summed E-state index contributed by atoms with van der Waals surface area (Å²) in [4.78, 5) is 14.6. The second-order valence-electron chi connectivity index (χ2n) is 4.94. The second-order valence-corrected chi connectivity index (χ2v) is 4.94. The summed E-state index contributed by atoms with van der Waals surface area (Å²) in [5.41, 5.74) is 1.82. The summed E-state index contributed by atoms with van der Waals surface area (Å²) in [5.74, 6) is -0.698. The number of nitro groups is 1. The molecule has 0 fully saturated rings. The first-order valence-electron chi connectivity index (χ1n) is 6.47. The molecule has 0 atom stereocenters. The molecule has 0 amide bonds. The highest BCUT2D eigenvalue weighted by Gasteiger charge is 2.22. The minimum absolute atomic E-state index is 0.122. The fourth-order valence-electron chi connectivity index (χ4n) is 2.22. The predicted octanol–water partition coefficient (Wildman–Crippen LogP) is 2.83. The summed E-state index contributed by atoms with van der Waals surface area (Å²) in [5, 5.41) is 30.1. The number of aliphatic imine (C=N–C) groups is 1. The molecule has 0 spiro atoms. The van der Waals surface area contributed by atoms with Crippen LogP contribution in [-0.4, -0.2) is 27.5 Å². The third-order valence-corrected chi connectivity index (χ3v) is 3.33. The first-order chi connectivity index (χ1) is 10.5. The molecule has 0 unspecified atom stereocenters. The highest BCUT2D eigenvalue weighted by atomic mass is 16.6. The molecule has 3 rings (SSSR count). The Morgan fingerprint density at radius 1 is 1.27 bits per heavy atom. The van der Waals surface area contributed by atoms with Crippen molar-refractivity contribution in [3.05, 3.63) is 51.6 Å². The molecule has 2 N–H and O–H groups in total. The molecule has 1 aliphatic rings. The van der Waals surface area contributed by atoms with Crippen LogP contribution in [0.2, 0.25) is 0 Å². The summed E-state index contributed by atoms with van der Waals surface area (Å²) in [6, 6.07) is 7.94. The molecule has 0 aliphatic carbocycles. The van der Waals surface area contributed by atoms with Gasteiger partial charge in [0.05, 0.1) is 10.6 Å². The van der Waals surface area contributed by atoms with Crippen molar-refractivity contribution in [3.8, 4) is 17.2 Å². The van der Waals surface area contributed by atoms with Crippen LogP contribution in [0, 0.1) is 17.0 Å². The van der Waals surface area contributed by atoms with Crippen LogP contribution in [0.3, 0.4) is 0 Å². The van der Waals surface area contributed by atoms with Crippen molar-refractivity contribution in [2.45, 2.75) is 6.92 Å². The van der Waals surface area contributed by atoms with Crippen LogP contribution < -0.4 is 4.74 Å². The molecule has 0 saturated carbocycles. The van der Waals surface area contributed by atoms with Crippen molar-refractivity contribution in [1.29, 1.82) is 0 Å². The van der Waals surface area contributed by atoms with E-state index in [2.05, 4.69) is 4.99 Å². The maximum absolute atomic E-state index is 10.9. The summed E-state index contributed by atoms with van der Waals surface area (Å²) in [6.45, 7) is 2.04. The summed E-state index contributed by atoms with van der Waals surface area (Å²) < 4.78 is 5.57. The lowest BCUT2D eigenvalue weighted by Gasteiger charge is -2.17. The monoisotopic (exact) mass is 300 g/mol. The third-order valence-electron chi connectivity index (χ3n) is 3.33. The number of phenolic OH excluding ortho intramolecular Hbond substituents is 2. The van der Waals surface area contributed by atoms with E-state index < -0.39 is 22.1 Å². The lowest BCUT2D eigenvalue weighted by molar-refractivity contribution is -0.386. The molecule has 0 saturated heterocycles. The highest BCUT2D eigenvalue weighted by Crippen LogP contribution is 2.38. The molecular formula is C15H12N2O5. The Hall–Kier alpha value is -3.09. The van der Waals surface area contributed by atoms with Crippen LogP contribution in [0.25, 0.3) is 0 Å². The van der Waals surface area contributed by atoms with E-state index >= 15 is 0 Å². The molecule has 1 heterocycles. The lowest BCUT2D eigenvalue weighted by Crippen LogP contribution is -2.16. The van der Waals surface area contributed by atoms with Gasteiger partial charge in [0.1, 0.15) is 18.0 Å².